The highest BCUT2D eigenvalue weighted by Gasteiger charge is 2.61. The van der Waals surface area contributed by atoms with E-state index in [-0.39, 0.29) is 49.6 Å². The number of methoxy groups -OCH3 is 1. The number of pyridine rings is 1. The minimum atomic E-state index is -3.85. The van der Waals surface area contributed by atoms with Crippen LogP contribution < -0.4 is 30.1 Å². The number of piperazine rings is 1. The summed E-state index contributed by atoms with van der Waals surface area (Å²) in [5.41, 5.74) is 1.60. The largest absolute Gasteiger partial charge is 0.496 e. The number of benzene rings is 1. The Morgan fingerprint density at radius 2 is 1.71 bits per heavy atom. The molecule has 2 aliphatic heterocycles. The molecule has 4 unspecified atom stereocenters. The number of sulfonamides is 1. The zero-order valence-electron chi connectivity index (χ0n) is 38.7. The van der Waals surface area contributed by atoms with Crippen LogP contribution >= 0.6 is 11.3 Å². The molecule has 16 nitrogen and oxygen atoms in total. The summed E-state index contributed by atoms with van der Waals surface area (Å²) < 4.78 is 40.6. The fourth-order valence-corrected chi connectivity index (χ4v) is 11.9. The van der Waals surface area contributed by atoms with Crippen LogP contribution in [-0.2, 0) is 24.4 Å². The topological polar surface area (TPSA) is 201 Å². The summed E-state index contributed by atoms with van der Waals surface area (Å²) in [4.78, 5) is 69.9. The zero-order chi connectivity index (χ0) is 46.6. The minimum Gasteiger partial charge on any atom is -0.496 e. The third-order valence-electron chi connectivity index (χ3n) is 14.0. The predicted molar refractivity (Wildman–Crippen MR) is 254 cm³/mol. The molecule has 3 aromatic rings. The van der Waals surface area contributed by atoms with Crippen molar-refractivity contribution in [2.24, 2.45) is 5.92 Å². The first-order valence-electron chi connectivity index (χ1n) is 24.0. The molecule has 5 aliphatic rings. The van der Waals surface area contributed by atoms with E-state index in [2.05, 4.69) is 39.4 Å². The van der Waals surface area contributed by atoms with Gasteiger partial charge in [-0.3, -0.25) is 24.0 Å². The third kappa shape index (κ3) is 11.1. The van der Waals surface area contributed by atoms with Gasteiger partial charge in [0.15, 0.2) is 0 Å². The van der Waals surface area contributed by atoms with Crippen LogP contribution in [0.2, 0.25) is 0 Å². The van der Waals surface area contributed by atoms with Crippen molar-refractivity contribution in [1.29, 1.82) is 0 Å². The Morgan fingerprint density at radius 1 is 0.955 bits per heavy atom. The molecule has 0 spiro atoms. The first kappa shape index (κ1) is 47.7. The molecule has 5 amide bonds. The van der Waals surface area contributed by atoms with Crippen LogP contribution in [0, 0.1) is 12.8 Å². The van der Waals surface area contributed by atoms with Crippen LogP contribution in [0.5, 0.6) is 11.5 Å². The van der Waals surface area contributed by atoms with Crippen molar-refractivity contribution < 1.29 is 37.1 Å². The predicted octanol–water partition coefficient (Wildman–Crippen LogP) is 6.08. The van der Waals surface area contributed by atoms with Crippen molar-refractivity contribution in [1.82, 2.24) is 40.4 Å². The van der Waals surface area contributed by atoms with Crippen molar-refractivity contribution in [3.8, 4) is 22.2 Å². The number of amides is 5. The number of hydrogen-bond acceptors (Lipinski definition) is 12. The highest BCUT2D eigenvalue weighted by atomic mass is 32.2. The fourth-order valence-electron chi connectivity index (χ4n) is 9.58. The molecule has 4 atom stereocenters. The molecule has 4 fully saturated rings. The lowest BCUT2D eigenvalue weighted by Gasteiger charge is -2.38. The average molecular weight is 947 g/mol. The standard InChI is InChI=1S/C48H66N8O8S2/c1-30(2)39-29-65-45(51-39)38-26-41(36-19-20-40(63-4)31(3)43(36)50-38)64-34-16-21-42(57)53-48(46(59)54-66(61,62)35-17-18-35)27-32(48)12-8-6-5-7-9-15-37(44(58)49-28-34)52-47(60)56-24-22-55(23-25-56)33-13-10-11-14-33/h8,12,19-20,26,29-30,32-35,37H,5-7,9-11,13-18,21-25,27-28H2,1-4H3,(H,49,58)(H,52,60)(H,53,57)(H,54,59). The lowest BCUT2D eigenvalue weighted by atomic mass is 10.0. The van der Waals surface area contributed by atoms with E-state index in [0.29, 0.717) is 84.3 Å². The Bertz CT molecular complexity index is 2410. The van der Waals surface area contributed by atoms with Crippen LogP contribution in [0.4, 0.5) is 4.79 Å². The second kappa shape index (κ2) is 20.6. The molecule has 1 aromatic carbocycles. The van der Waals surface area contributed by atoms with E-state index in [1.165, 1.54) is 37.0 Å². The summed E-state index contributed by atoms with van der Waals surface area (Å²) in [6.07, 6.45) is 12.8. The van der Waals surface area contributed by atoms with E-state index >= 15 is 0 Å². The van der Waals surface area contributed by atoms with Crippen molar-refractivity contribution in [2.75, 3.05) is 39.8 Å². The van der Waals surface area contributed by atoms with Gasteiger partial charge in [-0.05, 0) is 82.8 Å². The van der Waals surface area contributed by atoms with Gasteiger partial charge in [0, 0.05) is 67.0 Å². The molecule has 4 N–H and O–H groups in total. The lowest BCUT2D eigenvalue weighted by Crippen LogP contribution is -2.57. The SMILES string of the molecule is COc1ccc2c(OC3CCC(=O)NC4(C(=O)NS(=O)(=O)C5CC5)CC4C=CCCCCCC(NC(=O)N4CCN(C5CCCC5)CC4)C(=O)NC3)cc(-c3nc(C(C)C)cs3)nc2c1C. The highest BCUT2D eigenvalue weighted by Crippen LogP contribution is 2.46. The molecule has 0 bridgehead atoms. The van der Waals surface area contributed by atoms with Gasteiger partial charge >= 0.3 is 6.03 Å². The number of thiazole rings is 1. The number of nitrogens with zero attached hydrogens (tertiary/aromatic N) is 4. The van der Waals surface area contributed by atoms with Gasteiger partial charge in [0.1, 0.15) is 39.9 Å². The number of carbonyl (C=O) groups excluding carboxylic acids is 4. The number of rotatable bonds is 10. The van der Waals surface area contributed by atoms with Gasteiger partial charge in [-0.15, -0.1) is 11.3 Å². The zero-order valence-corrected chi connectivity index (χ0v) is 40.4. The van der Waals surface area contributed by atoms with E-state index in [1.807, 2.05) is 47.6 Å². The first-order chi connectivity index (χ1) is 31.7. The molecule has 66 heavy (non-hydrogen) atoms. The normalized spacial score (nSPS) is 25.3. The molecular formula is C48H66N8O8S2. The maximum atomic E-state index is 14.2. The van der Waals surface area contributed by atoms with E-state index in [9.17, 15) is 27.6 Å². The van der Waals surface area contributed by atoms with Crippen molar-refractivity contribution in [2.45, 2.75) is 146 Å². The monoisotopic (exact) mass is 946 g/mol. The summed E-state index contributed by atoms with van der Waals surface area (Å²) in [7, 11) is -2.24. The van der Waals surface area contributed by atoms with Crippen LogP contribution in [0.25, 0.3) is 21.6 Å². The Morgan fingerprint density at radius 3 is 2.42 bits per heavy atom. The lowest BCUT2D eigenvalue weighted by molar-refractivity contribution is -0.129. The number of aromatic nitrogens is 2. The van der Waals surface area contributed by atoms with Gasteiger partial charge in [0.2, 0.25) is 21.8 Å². The number of ether oxygens (including phenoxy) is 2. The second-order valence-corrected chi connectivity index (χ2v) is 21.9. The Labute approximate surface area is 392 Å². The van der Waals surface area contributed by atoms with E-state index in [4.69, 9.17) is 19.4 Å². The van der Waals surface area contributed by atoms with E-state index < -0.39 is 44.8 Å². The van der Waals surface area contributed by atoms with Gasteiger partial charge in [-0.2, -0.15) is 0 Å². The molecule has 358 valence electrons. The third-order valence-corrected chi connectivity index (χ3v) is 16.7. The molecule has 2 aromatic heterocycles. The van der Waals surface area contributed by atoms with Gasteiger partial charge in [0.25, 0.3) is 5.91 Å². The van der Waals surface area contributed by atoms with Crippen LogP contribution in [0.1, 0.15) is 121 Å². The summed E-state index contributed by atoms with van der Waals surface area (Å²) in [6, 6.07) is 5.11. The molecule has 4 heterocycles. The number of urea groups is 1. The minimum absolute atomic E-state index is 0.00178. The van der Waals surface area contributed by atoms with Gasteiger partial charge in [-0.25, -0.2) is 23.2 Å². The Balaban J connectivity index is 1.06. The second-order valence-electron chi connectivity index (χ2n) is 19.1. The number of aryl methyl sites for hydroxylation is 1. The molecule has 0 radical (unpaired) electrons. The number of nitrogens with one attached hydrogen (secondary N) is 4. The molecule has 3 saturated carbocycles. The number of hydrogen-bond donors (Lipinski definition) is 4. The van der Waals surface area contributed by atoms with Crippen molar-refractivity contribution in [3.63, 3.8) is 0 Å². The molecule has 18 heteroatoms. The first-order valence-corrected chi connectivity index (χ1v) is 26.4. The number of carbonyl (C=O) groups is 4. The van der Waals surface area contributed by atoms with Gasteiger partial charge in [-0.1, -0.05) is 51.7 Å². The average Bonchev–Trinajstić information content (AvgIpc) is 4.14. The fraction of sp³-hybridized carbons (Fsp3) is 0.625. The van der Waals surface area contributed by atoms with Crippen molar-refractivity contribution in [3.05, 3.63) is 47.0 Å². The quantitative estimate of drug-likeness (QED) is 0.172. The molecule has 1 saturated heterocycles. The number of allylic oxidation sites excluding steroid dienone is 1. The summed E-state index contributed by atoms with van der Waals surface area (Å²) in [5, 5.41) is 11.9. The van der Waals surface area contributed by atoms with E-state index in [0.717, 1.165) is 37.2 Å². The van der Waals surface area contributed by atoms with Crippen LogP contribution in [-0.4, -0.2) is 121 Å². The Kier molecular flexibility index (Phi) is 14.9. The molecule has 8 rings (SSSR count). The summed E-state index contributed by atoms with van der Waals surface area (Å²) >= 11 is 1.49. The molecular weight excluding hydrogens is 881 g/mol. The Hall–Kier alpha value is -4.81. The van der Waals surface area contributed by atoms with E-state index in [1.54, 1.807) is 7.11 Å². The summed E-state index contributed by atoms with van der Waals surface area (Å²) in [5.74, 6) is -0.548. The van der Waals surface area contributed by atoms with Gasteiger partial charge in [0.05, 0.1) is 30.1 Å². The highest BCUT2D eigenvalue weighted by molar-refractivity contribution is 7.91. The van der Waals surface area contributed by atoms with Crippen LogP contribution in [0.15, 0.2) is 35.7 Å². The molecule has 3 aliphatic carbocycles. The smallest absolute Gasteiger partial charge is 0.318 e. The van der Waals surface area contributed by atoms with Crippen LogP contribution in [0.3, 0.4) is 0 Å². The summed E-state index contributed by atoms with van der Waals surface area (Å²) in [6.45, 7) is 8.94. The number of fused-ring (bicyclic) bond motifs is 2. The maximum Gasteiger partial charge on any atom is 0.318 e. The van der Waals surface area contributed by atoms with Crippen molar-refractivity contribution >= 4 is 56.0 Å². The van der Waals surface area contributed by atoms with Gasteiger partial charge < -0.3 is 30.3 Å². The maximum absolute atomic E-state index is 14.2.